The van der Waals surface area contributed by atoms with E-state index in [1.807, 2.05) is 18.9 Å². The zero-order valence-corrected chi connectivity index (χ0v) is 17.8. The minimum atomic E-state index is -1.49. The Morgan fingerprint density at radius 2 is 1.81 bits per heavy atom. The third kappa shape index (κ3) is 3.97. The second kappa shape index (κ2) is 8.48. The number of carbonyl (C=O) groups excluding carboxylic acids is 1. The number of likely N-dealkylation sites (N-methyl/N-ethyl adjacent to an activating group) is 2. The summed E-state index contributed by atoms with van der Waals surface area (Å²) in [5.41, 5.74) is 1.69. The van der Waals surface area contributed by atoms with Gasteiger partial charge in [-0.05, 0) is 24.1 Å². The van der Waals surface area contributed by atoms with E-state index in [0.29, 0.717) is 30.4 Å². The van der Waals surface area contributed by atoms with Crippen LogP contribution in [0.5, 0.6) is 0 Å². The molecule has 0 spiro atoms. The Morgan fingerprint density at radius 3 is 2.50 bits per heavy atom. The third-order valence-corrected chi connectivity index (χ3v) is 5.44. The van der Waals surface area contributed by atoms with Gasteiger partial charge in [0.25, 0.3) is 0 Å². The summed E-state index contributed by atoms with van der Waals surface area (Å²) >= 11 is 0. The van der Waals surface area contributed by atoms with Crippen molar-refractivity contribution in [3.05, 3.63) is 59.3 Å². The van der Waals surface area contributed by atoms with Gasteiger partial charge in [0.2, 0.25) is 11.9 Å². The van der Waals surface area contributed by atoms with Crippen LogP contribution in [-0.4, -0.2) is 45.8 Å². The molecule has 11 heteroatoms. The first-order chi connectivity index (χ1) is 15.3. The van der Waals surface area contributed by atoms with E-state index >= 15 is 0 Å². The molecule has 0 bridgehead atoms. The largest absolute Gasteiger partial charge is 0.350 e. The van der Waals surface area contributed by atoms with Gasteiger partial charge < -0.3 is 15.1 Å². The maximum absolute atomic E-state index is 13.4. The quantitative estimate of drug-likeness (QED) is 0.588. The third-order valence-electron chi connectivity index (χ3n) is 5.44. The fraction of sp³-hybridized carbons (Fsp3) is 0.333. The van der Waals surface area contributed by atoms with Crippen LogP contribution in [-0.2, 0) is 17.9 Å². The molecule has 0 radical (unpaired) electrons. The highest BCUT2D eigenvalue weighted by molar-refractivity contribution is 6.04. The Hall–Kier alpha value is -3.63. The molecule has 2 aromatic heterocycles. The molecule has 0 saturated heterocycles. The van der Waals surface area contributed by atoms with Crippen molar-refractivity contribution < 1.29 is 18.0 Å². The van der Waals surface area contributed by atoms with Crippen LogP contribution >= 0.6 is 0 Å². The summed E-state index contributed by atoms with van der Waals surface area (Å²) in [5.74, 6) is -2.91. The van der Waals surface area contributed by atoms with Crippen molar-refractivity contribution in [2.24, 2.45) is 0 Å². The van der Waals surface area contributed by atoms with Crippen molar-refractivity contribution in [3.63, 3.8) is 0 Å². The number of fused-ring (bicyclic) bond motifs is 1. The first-order valence-corrected chi connectivity index (χ1v) is 10.0. The van der Waals surface area contributed by atoms with Gasteiger partial charge in [-0.25, -0.2) is 18.2 Å². The van der Waals surface area contributed by atoms with Crippen molar-refractivity contribution in [2.75, 3.05) is 29.2 Å². The van der Waals surface area contributed by atoms with E-state index in [1.165, 1.54) is 4.68 Å². The number of nitrogens with zero attached hydrogens (tertiary/aromatic N) is 6. The average molecular weight is 445 g/mol. The smallest absolute Gasteiger partial charge is 0.249 e. The zero-order chi connectivity index (χ0) is 23.0. The van der Waals surface area contributed by atoms with E-state index in [2.05, 4.69) is 20.4 Å². The topological polar surface area (TPSA) is 79.2 Å². The van der Waals surface area contributed by atoms with E-state index in [9.17, 15) is 18.0 Å². The number of amides is 1. The Kier molecular flexibility index (Phi) is 5.72. The highest BCUT2D eigenvalue weighted by atomic mass is 19.2. The zero-order valence-electron chi connectivity index (χ0n) is 17.8. The standard InChI is InChI=1S/C21H22F3N7O/c1-4-16-20(32)30(3)17-9-26-21(28-19(17)29(16)2)25-7-13-8-27-31(11-13)10-12-5-14(22)18(24)15(23)6-12/h5-6,8-9,11,16H,4,7,10H2,1-3H3,(H,25,26,28)/t16-/m1/s1. The SMILES string of the molecule is CC[C@@H]1C(=O)N(C)c2cnc(NCc3cnn(Cc4cc(F)c(F)c(F)c4)c3)nc2N1C. The van der Waals surface area contributed by atoms with Crippen LogP contribution in [0.25, 0.3) is 0 Å². The number of anilines is 3. The molecule has 4 rings (SSSR count). The molecule has 32 heavy (non-hydrogen) atoms. The Balaban J connectivity index is 1.45. The summed E-state index contributed by atoms with van der Waals surface area (Å²) in [4.78, 5) is 24.7. The summed E-state index contributed by atoms with van der Waals surface area (Å²) in [6.07, 6.45) is 5.57. The molecule has 168 valence electrons. The molecule has 1 N–H and O–H groups in total. The molecule has 0 saturated carbocycles. The molecule has 1 aromatic carbocycles. The van der Waals surface area contributed by atoms with Gasteiger partial charge in [0.05, 0.1) is 18.9 Å². The predicted molar refractivity (Wildman–Crippen MR) is 113 cm³/mol. The van der Waals surface area contributed by atoms with Crippen LogP contribution in [0.2, 0.25) is 0 Å². The van der Waals surface area contributed by atoms with Crippen molar-refractivity contribution in [1.29, 1.82) is 0 Å². The molecular weight excluding hydrogens is 423 g/mol. The molecule has 1 aliphatic heterocycles. The van der Waals surface area contributed by atoms with E-state index < -0.39 is 17.5 Å². The minimum absolute atomic E-state index is 0.000130. The summed E-state index contributed by atoms with van der Waals surface area (Å²) in [6, 6.07) is 1.61. The van der Waals surface area contributed by atoms with Crippen LogP contribution in [0.1, 0.15) is 24.5 Å². The Bertz CT molecular complexity index is 1140. The number of hydrogen-bond acceptors (Lipinski definition) is 6. The molecule has 3 aromatic rings. The fourth-order valence-electron chi connectivity index (χ4n) is 3.70. The predicted octanol–water partition coefficient (Wildman–Crippen LogP) is 2.94. The lowest BCUT2D eigenvalue weighted by Gasteiger charge is -2.37. The molecule has 1 atom stereocenters. The van der Waals surface area contributed by atoms with Gasteiger partial charge in [0, 0.05) is 32.4 Å². The highest BCUT2D eigenvalue weighted by Gasteiger charge is 2.34. The lowest BCUT2D eigenvalue weighted by atomic mass is 10.1. The molecule has 1 amide bonds. The average Bonchev–Trinajstić information content (AvgIpc) is 3.22. The van der Waals surface area contributed by atoms with Crippen molar-refractivity contribution in [1.82, 2.24) is 19.7 Å². The van der Waals surface area contributed by atoms with E-state index in [0.717, 1.165) is 17.7 Å². The Morgan fingerprint density at radius 1 is 1.09 bits per heavy atom. The molecule has 1 aliphatic rings. The molecule has 0 fully saturated rings. The fourth-order valence-corrected chi connectivity index (χ4v) is 3.70. The second-order valence-electron chi connectivity index (χ2n) is 7.61. The van der Waals surface area contributed by atoms with Crippen molar-refractivity contribution in [3.8, 4) is 0 Å². The summed E-state index contributed by atoms with van der Waals surface area (Å²) < 4.78 is 41.4. The minimum Gasteiger partial charge on any atom is -0.350 e. The maximum atomic E-state index is 13.4. The van der Waals surface area contributed by atoms with E-state index in [1.54, 1.807) is 30.5 Å². The van der Waals surface area contributed by atoms with Crippen molar-refractivity contribution >= 4 is 23.4 Å². The van der Waals surface area contributed by atoms with Gasteiger partial charge in [0.1, 0.15) is 11.7 Å². The molecule has 8 nitrogen and oxygen atoms in total. The number of rotatable bonds is 6. The second-order valence-corrected chi connectivity index (χ2v) is 7.61. The van der Waals surface area contributed by atoms with Crippen LogP contribution in [0, 0.1) is 17.5 Å². The van der Waals surface area contributed by atoms with Crippen LogP contribution in [0.4, 0.5) is 30.6 Å². The number of benzene rings is 1. The van der Waals surface area contributed by atoms with Gasteiger partial charge in [-0.15, -0.1) is 0 Å². The summed E-state index contributed by atoms with van der Waals surface area (Å²) in [5, 5.41) is 7.29. The number of carbonyl (C=O) groups is 1. The lowest BCUT2D eigenvalue weighted by molar-refractivity contribution is -0.119. The number of aromatic nitrogens is 4. The number of nitrogens with one attached hydrogen (secondary N) is 1. The van der Waals surface area contributed by atoms with Crippen LogP contribution in [0.3, 0.4) is 0 Å². The lowest BCUT2D eigenvalue weighted by Crippen LogP contribution is -2.50. The number of hydrogen-bond donors (Lipinski definition) is 1. The number of halogens is 3. The molecule has 0 aliphatic carbocycles. The van der Waals surface area contributed by atoms with Gasteiger partial charge in [-0.3, -0.25) is 9.48 Å². The van der Waals surface area contributed by atoms with Gasteiger partial charge >= 0.3 is 0 Å². The first-order valence-electron chi connectivity index (χ1n) is 10.0. The maximum Gasteiger partial charge on any atom is 0.249 e. The van der Waals surface area contributed by atoms with Crippen LogP contribution in [0.15, 0.2) is 30.7 Å². The van der Waals surface area contributed by atoms with Crippen molar-refractivity contribution in [2.45, 2.75) is 32.5 Å². The van der Waals surface area contributed by atoms with E-state index in [-0.39, 0.29) is 24.1 Å². The summed E-state index contributed by atoms with van der Waals surface area (Å²) in [6.45, 7) is 2.40. The van der Waals surface area contributed by atoms with Gasteiger partial charge in [0.15, 0.2) is 23.3 Å². The molecule has 3 heterocycles. The van der Waals surface area contributed by atoms with Gasteiger partial charge in [-0.2, -0.15) is 10.1 Å². The highest BCUT2D eigenvalue weighted by Crippen LogP contribution is 2.33. The van der Waals surface area contributed by atoms with Gasteiger partial charge in [-0.1, -0.05) is 6.92 Å². The monoisotopic (exact) mass is 445 g/mol. The first kappa shape index (κ1) is 21.6. The molecular formula is C21H22F3N7O. The van der Waals surface area contributed by atoms with Crippen LogP contribution < -0.4 is 15.1 Å². The summed E-state index contributed by atoms with van der Waals surface area (Å²) in [7, 11) is 3.54. The molecule has 0 unspecified atom stereocenters. The normalized spacial score (nSPS) is 15.8. The Labute approximate surface area is 182 Å². The van der Waals surface area contributed by atoms with E-state index in [4.69, 9.17) is 0 Å².